The number of hydrogen-bond donors (Lipinski definition) is 31. The molecule has 54 nitrogen and oxygen atoms in total. The summed E-state index contributed by atoms with van der Waals surface area (Å²) < 4.78 is 103. The van der Waals surface area contributed by atoms with Crippen molar-refractivity contribution in [1.29, 1.82) is 0 Å². The van der Waals surface area contributed by atoms with Gasteiger partial charge in [-0.1, -0.05) is 0 Å². The Balaban J connectivity index is 1.10. The summed E-state index contributed by atoms with van der Waals surface area (Å²) in [6.45, 7) is -3.17. The number of carbonyl (C=O) groups excluding carboxylic acids is 4. The first-order chi connectivity index (χ1) is 57.3. The van der Waals surface area contributed by atoms with Crippen molar-refractivity contribution in [1.82, 2.24) is 21.3 Å². The van der Waals surface area contributed by atoms with Gasteiger partial charge >= 0.3 is 11.9 Å². The van der Waals surface area contributed by atoms with Gasteiger partial charge in [-0.05, 0) is 13.8 Å². The van der Waals surface area contributed by atoms with Crippen molar-refractivity contribution >= 4 is 35.6 Å². The number of hydrogen-bond acceptors (Lipinski definition) is 48. The molecular weight excluding hydrogens is 1670 g/mol. The van der Waals surface area contributed by atoms with E-state index in [0.29, 0.717) is 0 Å². The van der Waals surface area contributed by atoms with Crippen LogP contribution in [0.4, 0.5) is 0 Å². The normalized spacial score (nSPS) is 46.9. The van der Waals surface area contributed by atoms with Gasteiger partial charge in [0.05, 0.1) is 82.7 Å². The minimum Gasteiger partial charge on any atom is -0.477 e. The van der Waals surface area contributed by atoms with Gasteiger partial charge in [0.2, 0.25) is 23.6 Å². The van der Waals surface area contributed by atoms with Crippen LogP contribution in [-0.4, -0.2) is 507 Å². The third-order valence-electron chi connectivity index (χ3n) is 22.2. The Hall–Kier alpha value is -4.86. The summed E-state index contributed by atoms with van der Waals surface area (Å²) in [7, 11) is 0. The van der Waals surface area contributed by atoms with E-state index in [-0.39, 0.29) is 0 Å². The van der Waals surface area contributed by atoms with Crippen LogP contribution in [0.2, 0.25) is 0 Å². The van der Waals surface area contributed by atoms with Gasteiger partial charge in [0, 0.05) is 40.5 Å². The first-order valence-corrected chi connectivity index (χ1v) is 38.6. The molecule has 0 aliphatic carbocycles. The lowest BCUT2D eigenvalue weighted by Crippen LogP contribution is -2.73. The van der Waals surface area contributed by atoms with Crippen LogP contribution in [0, 0.1) is 0 Å². The highest BCUT2D eigenvalue weighted by Gasteiger charge is 2.66. The number of aliphatic hydroxyl groups excluding tert-OH is 25. The van der Waals surface area contributed by atoms with Gasteiger partial charge in [-0.15, -0.1) is 0 Å². The number of nitrogens with one attached hydrogen (secondary N) is 4. The first kappa shape index (κ1) is 101. The van der Waals surface area contributed by atoms with E-state index in [9.17, 15) is 167 Å². The van der Waals surface area contributed by atoms with Crippen LogP contribution < -0.4 is 21.3 Å². The summed E-state index contributed by atoms with van der Waals surface area (Å²) in [5.74, 6) is -15.2. The molecule has 0 radical (unpaired) electrons. The van der Waals surface area contributed by atoms with Crippen LogP contribution in [0.3, 0.4) is 0 Å². The molecule has 47 atom stereocenters. The van der Waals surface area contributed by atoms with E-state index in [4.69, 9.17) is 80.5 Å². The Kier molecular flexibility index (Phi) is 35.2. The summed E-state index contributed by atoms with van der Waals surface area (Å²) in [4.78, 5) is 79.1. The van der Waals surface area contributed by atoms with Gasteiger partial charge in [-0.25, -0.2) is 9.59 Å². The number of aliphatic hydroxyl groups is 25. The second-order valence-corrected chi connectivity index (χ2v) is 30.9. The zero-order valence-electron chi connectivity index (χ0n) is 65.8. The predicted molar refractivity (Wildman–Crippen MR) is 375 cm³/mol. The molecule has 9 rings (SSSR count). The van der Waals surface area contributed by atoms with E-state index in [1.807, 2.05) is 0 Å². The fraction of sp³-hybridized carbons (Fsp3) is 0.912. The molecule has 0 aromatic carbocycles. The lowest BCUT2D eigenvalue weighted by molar-refractivity contribution is -0.405. The van der Waals surface area contributed by atoms with Crippen molar-refractivity contribution in [3.63, 3.8) is 0 Å². The van der Waals surface area contributed by atoms with Gasteiger partial charge in [0.15, 0.2) is 44.0 Å². The van der Waals surface area contributed by atoms with Crippen molar-refractivity contribution in [2.45, 2.75) is 342 Å². The quantitative estimate of drug-likeness (QED) is 0.0290. The molecule has 4 amide bonds. The fourth-order valence-corrected chi connectivity index (χ4v) is 15.9. The maximum atomic E-state index is 13.8. The van der Waals surface area contributed by atoms with E-state index in [1.165, 1.54) is 13.8 Å². The molecule has 0 aromatic heterocycles. The van der Waals surface area contributed by atoms with Crippen LogP contribution in [0.15, 0.2) is 0 Å². The van der Waals surface area contributed by atoms with Crippen LogP contribution in [0.5, 0.6) is 0 Å². The van der Waals surface area contributed by atoms with Crippen molar-refractivity contribution in [2.24, 2.45) is 0 Å². The molecule has 31 N–H and O–H groups in total. The highest BCUT2D eigenvalue weighted by molar-refractivity contribution is 5.78. The number of carbonyl (C=O) groups is 6. The predicted octanol–water partition coefficient (Wildman–Crippen LogP) is -19.6. The minimum atomic E-state index is -3.37. The Morgan fingerprint density at radius 3 is 0.943 bits per heavy atom. The number of ether oxygens (including phenoxy) is 17. The molecule has 9 aliphatic heterocycles. The molecule has 0 spiro atoms. The third-order valence-corrected chi connectivity index (χ3v) is 22.2. The minimum absolute atomic E-state index is 0.850. The van der Waals surface area contributed by atoms with Crippen LogP contribution in [-0.2, 0) is 109 Å². The second-order valence-electron chi connectivity index (χ2n) is 30.9. The standard InChI is InChI=1S/C68H112N4O50/c1-16-35(88)41(94)43(96)61(106-16)116-53-33(71-20(5)82)59(111-29(14-78)48(53)114-63-46(99)55(39(92)26(11-75)109-63)121-67(65(102)103)7-22(84)31(69-18(3)80)51(119-67)37(90)24(86)9-73)113-50-28(13-77)108-58(101)45(98)57(50)118-60-34(72-21(6)83)54(117-62-44(97)42(95)36(89)17(2)107-62)49(30(15-79)112-60)115-64-47(100)56(40(93)27(12-76)110-64)122-68(66(104)105)8-23(85)32(70-19(4)81)52(120-68)38(91)25(87)10-74/h16-17,22-64,73-79,84-101H,7-15H2,1-6H3,(H,69,80)(H,70,81)(H,71,82)(H,72,83)(H,102,103)(H,104,105)/t16-,17-,22-,23-,24+,25+,26+,27+,28+,29+,30+,31+,32+,33+,34+,35+,36+,37+,38+,39-,40-,41+,42+,43-,44-,45+,46+,47+,48+,49+,50-,51+,52+,53+,54+,55-,56-,57+,58+,59-,60-,61-,62-,63-,64-,67-,68-/m0/s1. The maximum absolute atomic E-state index is 13.8. The number of aliphatic carboxylic acids is 2. The van der Waals surface area contributed by atoms with Crippen molar-refractivity contribution < 1.29 is 247 Å². The first-order valence-electron chi connectivity index (χ1n) is 38.6. The Bertz CT molecular complexity index is 3210. The van der Waals surface area contributed by atoms with E-state index in [2.05, 4.69) is 21.3 Å². The highest BCUT2D eigenvalue weighted by Crippen LogP contribution is 2.44. The SMILES string of the molecule is CC(=O)N[C@H]1[C@H](O[C@@H]2[C@@H](O)[C@H](O)O[C@H](CO)[C@@H]2O[C@@H]2O[C@H](CO)[C@@H](O[C@@H]3O[C@H](CO)[C@H](O)[C@H](O[C@]4(C(=O)O)C[C@H](O)[C@@H](NC(C)=O)[C@H]([C@H](O)[C@H](O)CO)O4)[C@H]3O)[C@H](O[C@@H]3O[C@@H](C)[C@@H](O)[C@@H](O)[C@@H]3O)[C@H]2NC(C)=O)O[C@H](CO)[C@@H](O[C@@H]2O[C@H](CO)[C@H](O)[C@H](O[C@]3(C(=O)O)C[C@H](O)[C@@H](NC(C)=O)[C@H]([C@H](O)[C@H](O)CO)O3)[C@H]2O)[C@@H]1O[C@@H]1O[C@@H](C)[C@@H](O)[C@@H](O)[C@@H]1O. The molecule has 0 unspecified atom stereocenters. The van der Waals surface area contributed by atoms with E-state index in [1.54, 1.807) is 0 Å². The molecular formula is C68H112N4O50. The van der Waals surface area contributed by atoms with Gasteiger partial charge < -0.3 is 240 Å². The van der Waals surface area contributed by atoms with Crippen LogP contribution in [0.25, 0.3) is 0 Å². The van der Waals surface area contributed by atoms with E-state index < -0.39 is 382 Å². The Morgan fingerprint density at radius 2 is 0.623 bits per heavy atom. The topological polar surface area (TPSA) is 854 Å². The van der Waals surface area contributed by atoms with Crippen molar-refractivity contribution in [3.8, 4) is 0 Å². The maximum Gasteiger partial charge on any atom is 0.364 e. The smallest absolute Gasteiger partial charge is 0.364 e. The summed E-state index contributed by atoms with van der Waals surface area (Å²) in [5.41, 5.74) is 0. The van der Waals surface area contributed by atoms with Crippen LogP contribution in [0.1, 0.15) is 54.4 Å². The van der Waals surface area contributed by atoms with Gasteiger partial charge in [-0.3, -0.25) is 19.2 Å². The number of amides is 4. The molecule has 122 heavy (non-hydrogen) atoms. The monoisotopic (exact) mass is 1780 g/mol. The summed E-state index contributed by atoms with van der Waals surface area (Å²) >= 11 is 0. The largest absolute Gasteiger partial charge is 0.477 e. The molecule has 9 fully saturated rings. The van der Waals surface area contributed by atoms with Gasteiger partial charge in [-0.2, -0.15) is 0 Å². The Labute approximate surface area is 690 Å². The zero-order chi connectivity index (χ0) is 90.7. The Morgan fingerprint density at radius 1 is 0.336 bits per heavy atom. The molecule has 0 saturated carbocycles. The number of rotatable bonds is 33. The molecule has 9 heterocycles. The van der Waals surface area contributed by atoms with E-state index in [0.717, 1.165) is 27.7 Å². The summed E-state index contributed by atoms with van der Waals surface area (Å²) in [6, 6.07) is -7.97. The number of carboxylic acids is 2. The lowest BCUT2D eigenvalue weighted by Gasteiger charge is -2.53. The highest BCUT2D eigenvalue weighted by atomic mass is 16.8. The molecule has 704 valence electrons. The number of carboxylic acid groups (broad SMARTS) is 2. The fourth-order valence-electron chi connectivity index (χ4n) is 15.9. The van der Waals surface area contributed by atoms with Crippen LogP contribution >= 0.6 is 0 Å². The molecule has 9 saturated heterocycles. The second kappa shape index (κ2) is 42.6. The summed E-state index contributed by atoms with van der Waals surface area (Å²) in [5, 5.41) is 311. The third kappa shape index (κ3) is 21.7. The summed E-state index contributed by atoms with van der Waals surface area (Å²) in [6.07, 6.45) is -94.8. The van der Waals surface area contributed by atoms with E-state index >= 15 is 0 Å². The zero-order valence-corrected chi connectivity index (χ0v) is 65.8. The average molecular weight is 1790 g/mol. The molecule has 0 aromatic rings. The molecule has 0 bridgehead atoms. The van der Waals surface area contributed by atoms with Crippen molar-refractivity contribution in [3.05, 3.63) is 0 Å². The van der Waals surface area contributed by atoms with Gasteiger partial charge in [0.25, 0.3) is 11.6 Å². The molecule has 54 heteroatoms. The van der Waals surface area contributed by atoms with Gasteiger partial charge in [0.1, 0.15) is 195 Å². The van der Waals surface area contributed by atoms with Crippen molar-refractivity contribution in [2.75, 3.05) is 46.2 Å². The molecule has 9 aliphatic rings. The average Bonchev–Trinajstić information content (AvgIpc) is 0.747. The lowest BCUT2D eigenvalue weighted by atomic mass is 9.88.